The molecule has 3 aromatic heterocycles. The maximum Gasteiger partial charge on any atom is 0.341 e. The number of rotatable bonds is 6. The molecule has 3 heterocycles. The van der Waals surface area contributed by atoms with E-state index in [1.165, 1.54) is 37.0 Å². The molecule has 31 heavy (non-hydrogen) atoms. The number of halogens is 1. The number of fused-ring (bicyclic) bond motifs is 1. The molecule has 1 saturated carbocycles. The van der Waals surface area contributed by atoms with Crippen molar-refractivity contribution in [1.82, 2.24) is 29.5 Å². The molecule has 0 spiro atoms. The highest BCUT2D eigenvalue weighted by Crippen LogP contribution is 2.32. The van der Waals surface area contributed by atoms with Crippen molar-refractivity contribution in [2.75, 3.05) is 13.7 Å². The van der Waals surface area contributed by atoms with Crippen molar-refractivity contribution >= 4 is 17.0 Å². The van der Waals surface area contributed by atoms with Gasteiger partial charge in [-0.3, -0.25) is 4.68 Å². The van der Waals surface area contributed by atoms with Gasteiger partial charge in [0.25, 0.3) is 11.9 Å². The summed E-state index contributed by atoms with van der Waals surface area (Å²) in [6, 6.07) is 0. The Labute approximate surface area is 180 Å². The molecule has 0 bridgehead atoms. The van der Waals surface area contributed by atoms with Crippen LogP contribution in [0.25, 0.3) is 17.0 Å². The van der Waals surface area contributed by atoms with Gasteiger partial charge in [-0.1, -0.05) is 27.2 Å². The van der Waals surface area contributed by atoms with Crippen molar-refractivity contribution < 1.29 is 18.7 Å². The standard InChI is InChI=1S/C20H25FN6O3.CH4/c1-4-30-19(28)14-9-22-27(11-14)20-23-15-16(18(24-20)29-3)26(25-17(15)21)10-13-7-5-12(2)6-8-13;/h9,11-13H,4-8,10H2,1-3H3;1H4. The van der Waals surface area contributed by atoms with Crippen LogP contribution >= 0.6 is 0 Å². The van der Waals surface area contributed by atoms with Gasteiger partial charge in [0, 0.05) is 12.7 Å². The van der Waals surface area contributed by atoms with E-state index in [0.29, 0.717) is 18.0 Å². The van der Waals surface area contributed by atoms with Gasteiger partial charge < -0.3 is 9.47 Å². The minimum atomic E-state index is -0.686. The predicted octanol–water partition coefficient (Wildman–Crippen LogP) is 3.80. The first kappa shape index (κ1) is 22.6. The molecular weight excluding hydrogens is 403 g/mol. The molecule has 0 unspecified atom stereocenters. The Kier molecular flexibility index (Phi) is 6.87. The Morgan fingerprint density at radius 3 is 2.68 bits per heavy atom. The Morgan fingerprint density at radius 1 is 1.26 bits per heavy atom. The summed E-state index contributed by atoms with van der Waals surface area (Å²) >= 11 is 0. The monoisotopic (exact) mass is 432 g/mol. The summed E-state index contributed by atoms with van der Waals surface area (Å²) in [5.74, 6) is 0.280. The fourth-order valence-electron chi connectivity index (χ4n) is 3.89. The van der Waals surface area contributed by atoms with Crippen molar-refractivity contribution in [3.8, 4) is 11.8 Å². The summed E-state index contributed by atoms with van der Waals surface area (Å²) in [7, 11) is 1.47. The first-order chi connectivity index (χ1) is 14.5. The van der Waals surface area contributed by atoms with E-state index in [9.17, 15) is 9.18 Å². The number of methoxy groups -OCH3 is 1. The zero-order valence-corrected chi connectivity index (χ0v) is 17.3. The van der Waals surface area contributed by atoms with Crippen LogP contribution in [0, 0.1) is 17.8 Å². The lowest BCUT2D eigenvalue weighted by Gasteiger charge is -2.26. The maximum atomic E-state index is 14.7. The minimum Gasteiger partial charge on any atom is -0.479 e. The number of carbonyl (C=O) groups is 1. The van der Waals surface area contributed by atoms with Gasteiger partial charge in [0.1, 0.15) is 0 Å². The predicted molar refractivity (Wildman–Crippen MR) is 113 cm³/mol. The van der Waals surface area contributed by atoms with E-state index in [1.807, 2.05) is 0 Å². The van der Waals surface area contributed by atoms with E-state index < -0.39 is 11.9 Å². The van der Waals surface area contributed by atoms with E-state index >= 15 is 0 Å². The van der Waals surface area contributed by atoms with Gasteiger partial charge in [-0.2, -0.15) is 14.5 Å². The molecule has 0 atom stereocenters. The number of aromatic nitrogens is 6. The Hall–Kier alpha value is -3.04. The van der Waals surface area contributed by atoms with Gasteiger partial charge in [-0.15, -0.1) is 5.10 Å². The fourth-order valence-corrected chi connectivity index (χ4v) is 3.89. The quantitative estimate of drug-likeness (QED) is 0.547. The summed E-state index contributed by atoms with van der Waals surface area (Å²) in [6.07, 6.45) is 7.31. The van der Waals surface area contributed by atoms with Crippen molar-refractivity contribution in [2.45, 2.75) is 53.5 Å². The van der Waals surface area contributed by atoms with E-state index in [4.69, 9.17) is 9.47 Å². The Balaban J connectivity index is 0.00000272. The van der Waals surface area contributed by atoms with Crippen molar-refractivity contribution in [3.63, 3.8) is 0 Å². The highest BCUT2D eigenvalue weighted by molar-refractivity contribution is 5.88. The van der Waals surface area contributed by atoms with Crippen LogP contribution in [0.4, 0.5) is 4.39 Å². The minimum absolute atomic E-state index is 0. The number of ether oxygens (including phenoxy) is 2. The normalized spacial score (nSPS) is 18.6. The second-order valence-corrected chi connectivity index (χ2v) is 7.72. The summed E-state index contributed by atoms with van der Waals surface area (Å²) in [5.41, 5.74) is 0.742. The van der Waals surface area contributed by atoms with Crippen LogP contribution in [0.2, 0.25) is 0 Å². The van der Waals surface area contributed by atoms with Crippen LogP contribution in [-0.2, 0) is 11.3 Å². The molecule has 168 valence electrons. The second kappa shape index (κ2) is 9.40. The average Bonchev–Trinajstić information content (AvgIpc) is 3.35. The lowest BCUT2D eigenvalue weighted by molar-refractivity contribution is 0.0526. The summed E-state index contributed by atoms with van der Waals surface area (Å²) in [5, 5.41) is 8.16. The van der Waals surface area contributed by atoms with Crippen LogP contribution in [0.15, 0.2) is 12.4 Å². The molecule has 4 rings (SSSR count). The lowest BCUT2D eigenvalue weighted by atomic mass is 9.83. The van der Waals surface area contributed by atoms with Gasteiger partial charge >= 0.3 is 5.97 Å². The average molecular weight is 433 g/mol. The van der Waals surface area contributed by atoms with Crippen LogP contribution in [0.1, 0.15) is 57.3 Å². The van der Waals surface area contributed by atoms with Gasteiger partial charge in [0.15, 0.2) is 11.0 Å². The largest absolute Gasteiger partial charge is 0.479 e. The topological polar surface area (TPSA) is 96.9 Å². The molecule has 1 fully saturated rings. The zero-order valence-electron chi connectivity index (χ0n) is 17.3. The van der Waals surface area contributed by atoms with Crippen LogP contribution in [0.5, 0.6) is 5.88 Å². The summed E-state index contributed by atoms with van der Waals surface area (Å²) in [6.45, 7) is 4.84. The molecule has 0 amide bonds. The molecule has 3 aromatic rings. The van der Waals surface area contributed by atoms with Crippen molar-refractivity contribution in [2.24, 2.45) is 11.8 Å². The molecule has 0 aliphatic heterocycles. The maximum absolute atomic E-state index is 14.7. The number of nitrogens with zero attached hydrogens (tertiary/aromatic N) is 6. The van der Waals surface area contributed by atoms with Crippen LogP contribution in [-0.4, -0.2) is 49.2 Å². The zero-order chi connectivity index (χ0) is 21.3. The summed E-state index contributed by atoms with van der Waals surface area (Å²) in [4.78, 5) is 20.5. The second-order valence-electron chi connectivity index (χ2n) is 7.72. The SMILES string of the molecule is C.CCOC(=O)c1cnn(-c2nc(OC)c3c(n2)c(F)nn3CC2CCC(C)CC2)c1. The van der Waals surface area contributed by atoms with Gasteiger partial charge in [0.2, 0.25) is 5.88 Å². The molecule has 1 aliphatic carbocycles. The van der Waals surface area contributed by atoms with Crippen molar-refractivity contribution in [1.29, 1.82) is 0 Å². The molecule has 10 heteroatoms. The number of esters is 1. The lowest BCUT2D eigenvalue weighted by Crippen LogP contribution is -2.18. The third kappa shape index (κ3) is 4.52. The Morgan fingerprint density at radius 2 is 2.00 bits per heavy atom. The first-order valence-electron chi connectivity index (χ1n) is 10.2. The molecule has 0 aromatic carbocycles. The highest BCUT2D eigenvalue weighted by Gasteiger charge is 2.24. The summed E-state index contributed by atoms with van der Waals surface area (Å²) < 4.78 is 28.0. The first-order valence-corrected chi connectivity index (χ1v) is 10.2. The third-order valence-corrected chi connectivity index (χ3v) is 5.56. The van der Waals surface area contributed by atoms with Gasteiger partial charge in [0.05, 0.1) is 25.5 Å². The molecule has 9 nitrogen and oxygen atoms in total. The van der Waals surface area contributed by atoms with E-state index in [0.717, 1.165) is 18.8 Å². The van der Waals surface area contributed by atoms with Crippen LogP contribution < -0.4 is 4.74 Å². The smallest absolute Gasteiger partial charge is 0.341 e. The molecule has 0 saturated heterocycles. The molecule has 0 radical (unpaired) electrons. The van der Waals surface area contributed by atoms with Crippen LogP contribution in [0.3, 0.4) is 0 Å². The third-order valence-electron chi connectivity index (χ3n) is 5.56. The molecule has 0 N–H and O–H groups in total. The Bertz CT molecular complexity index is 1050. The number of hydrogen-bond donors (Lipinski definition) is 0. The molecule has 1 aliphatic rings. The van der Waals surface area contributed by atoms with Gasteiger partial charge in [-0.25, -0.2) is 14.5 Å². The van der Waals surface area contributed by atoms with E-state index in [1.54, 1.807) is 11.6 Å². The van der Waals surface area contributed by atoms with E-state index in [-0.39, 0.29) is 36.9 Å². The van der Waals surface area contributed by atoms with Gasteiger partial charge in [-0.05, 0) is 31.6 Å². The molecular formula is C21H29FN6O3. The highest BCUT2D eigenvalue weighted by atomic mass is 19.1. The fraction of sp³-hybridized carbons (Fsp3) is 0.571. The number of carbonyl (C=O) groups excluding carboxylic acids is 1. The van der Waals surface area contributed by atoms with Crippen molar-refractivity contribution in [3.05, 3.63) is 23.9 Å². The number of hydrogen-bond acceptors (Lipinski definition) is 7. The van der Waals surface area contributed by atoms with E-state index in [2.05, 4.69) is 27.1 Å².